The molecule has 0 aromatic heterocycles. The molecular weight excluding hydrogens is 338 g/mol. The summed E-state index contributed by atoms with van der Waals surface area (Å²) in [4.78, 5) is 15.1. The van der Waals surface area contributed by atoms with Gasteiger partial charge in [-0.15, -0.1) is 0 Å². The third kappa shape index (κ3) is 1.69. The number of nitriles is 3. The molecular formula is C21H17N5O. The average Bonchev–Trinajstić information content (AvgIpc) is 2.93. The predicted molar refractivity (Wildman–Crippen MR) is 97.4 cm³/mol. The van der Waals surface area contributed by atoms with Gasteiger partial charge in [-0.25, -0.2) is 0 Å². The van der Waals surface area contributed by atoms with E-state index in [-0.39, 0.29) is 17.2 Å². The average molecular weight is 355 g/mol. The van der Waals surface area contributed by atoms with E-state index in [1.54, 1.807) is 11.9 Å². The molecule has 0 saturated carbocycles. The van der Waals surface area contributed by atoms with E-state index in [2.05, 4.69) is 6.07 Å². The van der Waals surface area contributed by atoms with E-state index in [0.29, 0.717) is 18.4 Å². The second kappa shape index (κ2) is 5.47. The molecule has 0 bridgehead atoms. The van der Waals surface area contributed by atoms with Crippen molar-refractivity contribution < 1.29 is 4.79 Å². The van der Waals surface area contributed by atoms with Crippen molar-refractivity contribution in [2.24, 2.45) is 17.1 Å². The molecule has 6 heteroatoms. The van der Waals surface area contributed by atoms with Gasteiger partial charge in [0.1, 0.15) is 5.41 Å². The zero-order chi connectivity index (χ0) is 19.4. The van der Waals surface area contributed by atoms with Crippen LogP contribution in [0.25, 0.3) is 0 Å². The van der Waals surface area contributed by atoms with E-state index >= 15 is 0 Å². The van der Waals surface area contributed by atoms with Crippen molar-refractivity contribution in [3.63, 3.8) is 0 Å². The van der Waals surface area contributed by atoms with Crippen molar-refractivity contribution in [1.29, 1.82) is 15.8 Å². The van der Waals surface area contributed by atoms with Gasteiger partial charge in [-0.3, -0.25) is 4.79 Å². The summed E-state index contributed by atoms with van der Waals surface area (Å²) >= 11 is 0. The smallest absolute Gasteiger partial charge is 0.243 e. The highest BCUT2D eigenvalue weighted by Crippen LogP contribution is 2.61. The Labute approximate surface area is 157 Å². The minimum absolute atomic E-state index is 0.0384. The van der Waals surface area contributed by atoms with Crippen LogP contribution in [0.3, 0.4) is 0 Å². The third-order valence-corrected chi connectivity index (χ3v) is 6.24. The molecule has 0 saturated heterocycles. The van der Waals surface area contributed by atoms with Crippen molar-refractivity contribution in [1.82, 2.24) is 0 Å². The summed E-state index contributed by atoms with van der Waals surface area (Å²) in [5.74, 6) is -0.670. The largest absolute Gasteiger partial charge is 0.399 e. The molecule has 3 aliphatic rings. The molecule has 1 heterocycles. The number of rotatable bonds is 0. The summed E-state index contributed by atoms with van der Waals surface area (Å²) in [5.41, 5.74) is 5.29. The first-order valence-corrected chi connectivity index (χ1v) is 8.82. The van der Waals surface area contributed by atoms with Gasteiger partial charge in [0, 0.05) is 18.7 Å². The van der Waals surface area contributed by atoms with E-state index in [1.807, 2.05) is 42.5 Å². The Kier molecular flexibility index (Phi) is 3.42. The second-order valence-electron chi connectivity index (χ2n) is 7.21. The van der Waals surface area contributed by atoms with Crippen molar-refractivity contribution in [3.05, 3.63) is 52.7 Å². The maximum Gasteiger partial charge on any atom is 0.243 e. The highest BCUT2D eigenvalue weighted by Gasteiger charge is 2.65. The highest BCUT2D eigenvalue weighted by molar-refractivity contribution is 6.11. The van der Waals surface area contributed by atoms with E-state index in [0.717, 1.165) is 17.7 Å². The molecule has 1 aliphatic heterocycles. The Hall–Kier alpha value is -3.56. The van der Waals surface area contributed by atoms with Gasteiger partial charge in [0.2, 0.25) is 11.3 Å². The molecule has 0 radical (unpaired) electrons. The molecule has 1 spiro atoms. The lowest BCUT2D eigenvalue weighted by molar-refractivity contribution is -0.123. The Morgan fingerprint density at radius 2 is 1.93 bits per heavy atom. The highest BCUT2D eigenvalue weighted by atomic mass is 16.2. The summed E-state index contributed by atoms with van der Waals surface area (Å²) in [6.07, 6.45) is 4.02. The number of allylic oxidation sites excluding steroid dienone is 2. The first kappa shape index (κ1) is 16.9. The number of nitrogens with zero attached hydrogens (tertiary/aromatic N) is 4. The number of hydrogen-bond donors (Lipinski definition) is 1. The normalized spacial score (nSPS) is 27.9. The molecule has 4 rings (SSSR count). The monoisotopic (exact) mass is 355 g/mol. The van der Waals surface area contributed by atoms with Gasteiger partial charge in [-0.1, -0.05) is 24.3 Å². The van der Waals surface area contributed by atoms with Gasteiger partial charge in [0.15, 0.2) is 0 Å². The lowest BCUT2D eigenvalue weighted by atomic mass is 9.51. The molecule has 1 amide bonds. The van der Waals surface area contributed by atoms with Crippen LogP contribution in [0.2, 0.25) is 0 Å². The minimum atomic E-state index is -1.70. The maximum absolute atomic E-state index is 13.6. The summed E-state index contributed by atoms with van der Waals surface area (Å²) in [6, 6.07) is 13.6. The molecule has 1 aromatic carbocycles. The number of hydrogen-bond acceptors (Lipinski definition) is 5. The molecule has 2 atom stereocenters. The number of benzene rings is 1. The van der Waals surface area contributed by atoms with E-state index in [9.17, 15) is 20.6 Å². The molecule has 27 heavy (non-hydrogen) atoms. The topological polar surface area (TPSA) is 118 Å². The van der Waals surface area contributed by atoms with Crippen LogP contribution >= 0.6 is 0 Å². The summed E-state index contributed by atoms with van der Waals surface area (Å²) in [7, 11) is 1.68. The third-order valence-electron chi connectivity index (χ3n) is 6.24. The molecule has 0 unspecified atom stereocenters. The summed E-state index contributed by atoms with van der Waals surface area (Å²) < 4.78 is 0. The maximum atomic E-state index is 13.6. The second-order valence-corrected chi connectivity index (χ2v) is 7.21. The van der Waals surface area contributed by atoms with E-state index < -0.39 is 16.7 Å². The summed E-state index contributed by atoms with van der Waals surface area (Å²) in [6.45, 7) is 0. The van der Waals surface area contributed by atoms with Crippen LogP contribution in [0, 0.1) is 45.3 Å². The Balaban J connectivity index is 2.19. The van der Waals surface area contributed by atoms with Crippen LogP contribution < -0.4 is 10.6 Å². The molecule has 2 aliphatic carbocycles. The quantitative estimate of drug-likeness (QED) is 0.717. The van der Waals surface area contributed by atoms with Gasteiger partial charge in [0.05, 0.1) is 29.5 Å². The van der Waals surface area contributed by atoms with Crippen LogP contribution in [0.15, 0.2) is 47.2 Å². The Morgan fingerprint density at radius 1 is 1.22 bits per heavy atom. The predicted octanol–water partition coefficient (Wildman–Crippen LogP) is 2.41. The van der Waals surface area contributed by atoms with E-state index in [4.69, 9.17) is 5.73 Å². The number of nitrogens with two attached hydrogens (primary N) is 1. The van der Waals surface area contributed by atoms with Gasteiger partial charge >= 0.3 is 0 Å². The number of fused-ring (bicyclic) bond motifs is 4. The SMILES string of the molecule is CN1C(=O)[C@@]2(C(C#N)=C(N)C(C#N)(C#N)C3=CCCC[C@@H]32)c2ccccc21. The molecule has 2 N–H and O–H groups in total. The van der Waals surface area contributed by atoms with Crippen molar-refractivity contribution in [2.45, 2.75) is 24.7 Å². The van der Waals surface area contributed by atoms with Gasteiger partial charge in [-0.2, -0.15) is 15.8 Å². The lowest BCUT2D eigenvalue weighted by Crippen LogP contribution is -2.54. The number of carbonyl (C=O) groups is 1. The Bertz CT molecular complexity index is 1050. The fourth-order valence-electron chi connectivity index (χ4n) is 5.06. The fraction of sp³-hybridized carbons (Fsp3) is 0.333. The summed E-state index contributed by atoms with van der Waals surface area (Å²) in [5, 5.41) is 29.8. The number of likely N-dealkylation sites (N-methyl/N-ethyl adjacent to an activating group) is 1. The van der Waals surface area contributed by atoms with Crippen LogP contribution in [0.5, 0.6) is 0 Å². The zero-order valence-electron chi connectivity index (χ0n) is 14.9. The van der Waals surface area contributed by atoms with Crippen LogP contribution in [-0.4, -0.2) is 13.0 Å². The van der Waals surface area contributed by atoms with E-state index in [1.165, 1.54) is 0 Å². The number of anilines is 1. The lowest BCUT2D eigenvalue weighted by Gasteiger charge is -2.47. The standard InChI is InChI=1S/C21H17N5O/c1-26-17-9-5-4-8-15(17)21(19(26)27)14-7-3-2-6-13(14)20(11-23,12-24)18(25)16(21)10-22/h4-6,8-9,14H,2-3,7,25H2,1H3/t14-,21+/m0/s1. The van der Waals surface area contributed by atoms with Crippen molar-refractivity contribution in [3.8, 4) is 18.2 Å². The molecule has 6 nitrogen and oxygen atoms in total. The van der Waals surface area contributed by atoms with Crippen molar-refractivity contribution in [2.75, 3.05) is 11.9 Å². The number of carbonyl (C=O) groups excluding carboxylic acids is 1. The minimum Gasteiger partial charge on any atom is -0.399 e. The van der Waals surface area contributed by atoms with Gasteiger partial charge < -0.3 is 10.6 Å². The van der Waals surface area contributed by atoms with Crippen LogP contribution in [0.4, 0.5) is 5.69 Å². The van der Waals surface area contributed by atoms with Gasteiger partial charge in [0.25, 0.3) is 0 Å². The molecule has 132 valence electrons. The first-order chi connectivity index (χ1) is 13.0. The van der Waals surface area contributed by atoms with Crippen LogP contribution in [-0.2, 0) is 10.2 Å². The van der Waals surface area contributed by atoms with Gasteiger partial charge in [-0.05, 0) is 36.5 Å². The van der Waals surface area contributed by atoms with Crippen molar-refractivity contribution >= 4 is 11.6 Å². The number of amides is 1. The fourth-order valence-corrected chi connectivity index (χ4v) is 5.06. The van der Waals surface area contributed by atoms with Crippen LogP contribution in [0.1, 0.15) is 24.8 Å². The molecule has 0 fully saturated rings. The first-order valence-electron chi connectivity index (χ1n) is 8.82. The Morgan fingerprint density at radius 3 is 2.59 bits per heavy atom. The zero-order valence-corrected chi connectivity index (χ0v) is 14.9. The number of para-hydroxylation sites is 1. The molecule has 1 aromatic rings.